The van der Waals surface area contributed by atoms with Crippen molar-refractivity contribution in [3.63, 3.8) is 0 Å². The maximum Gasteiger partial charge on any atom is 0.243 e. The molecule has 2 aliphatic rings. The van der Waals surface area contributed by atoms with Gasteiger partial charge in [-0.15, -0.1) is 0 Å². The molecule has 0 saturated carbocycles. The van der Waals surface area contributed by atoms with Gasteiger partial charge in [0, 0.05) is 18.1 Å². The van der Waals surface area contributed by atoms with Gasteiger partial charge >= 0.3 is 0 Å². The Morgan fingerprint density at radius 3 is 2.74 bits per heavy atom. The number of ether oxygens (including phenoxy) is 1. The molecule has 6 atom stereocenters. The minimum absolute atomic E-state index is 0.0418. The van der Waals surface area contributed by atoms with Crippen LogP contribution in [0.5, 0.6) is 0 Å². The first kappa shape index (κ1) is 29.4. The molecule has 0 unspecified atom stereocenters. The van der Waals surface area contributed by atoms with E-state index in [2.05, 4.69) is 16.0 Å². The number of hydrogen-bond acceptors (Lipinski definition) is 8. The fourth-order valence-electron chi connectivity index (χ4n) is 3.77. The number of nitrogens with one attached hydrogen (secondary N) is 3. The van der Waals surface area contributed by atoms with E-state index in [0.29, 0.717) is 24.3 Å². The fourth-order valence-corrected chi connectivity index (χ4v) is 6.40. The molecule has 194 valence electrons. The minimum Gasteiger partial charge on any atom is -0.391 e. The molecule has 1 fully saturated rings. The normalized spacial score (nSPS) is 32.2. The SMILES string of the molecule is CC[C@H](C)[C@@H]1NC(=O)[C@H]2CSSCC/C=C/[C@H](CC(=O)N[C@H](CCSC)C(=O)N2)OCC[C@@H]1O. The lowest BCUT2D eigenvalue weighted by Crippen LogP contribution is -2.58. The monoisotopic (exact) mass is 533 g/mol. The summed E-state index contributed by atoms with van der Waals surface area (Å²) in [5.74, 6) is 1.01. The number of fused-ring (bicyclic) bond motifs is 7. The Bertz CT molecular complexity index is 697. The van der Waals surface area contributed by atoms with E-state index in [4.69, 9.17) is 4.74 Å². The fraction of sp³-hybridized carbons (Fsp3) is 0.783. The summed E-state index contributed by atoms with van der Waals surface area (Å²) < 4.78 is 5.97. The summed E-state index contributed by atoms with van der Waals surface area (Å²) in [4.78, 5) is 39.3. The van der Waals surface area contributed by atoms with Crippen LogP contribution in [0.4, 0.5) is 0 Å². The molecule has 0 aromatic rings. The first-order valence-electron chi connectivity index (χ1n) is 12.0. The summed E-state index contributed by atoms with van der Waals surface area (Å²) in [5.41, 5.74) is 0. The second-order valence-electron chi connectivity index (χ2n) is 8.68. The van der Waals surface area contributed by atoms with Crippen molar-refractivity contribution in [3.8, 4) is 0 Å². The van der Waals surface area contributed by atoms with Crippen LogP contribution in [0.1, 0.15) is 46.0 Å². The molecule has 2 bridgehead atoms. The van der Waals surface area contributed by atoms with Gasteiger partial charge < -0.3 is 25.8 Å². The topological polar surface area (TPSA) is 117 Å². The van der Waals surface area contributed by atoms with Gasteiger partial charge in [-0.3, -0.25) is 14.4 Å². The molecule has 0 radical (unpaired) electrons. The molecule has 2 aliphatic heterocycles. The number of aliphatic hydroxyl groups is 1. The standard InChI is InChI=1S/C23H39N3O5S3/c1-4-15(2)21-19(27)8-10-31-16-7-5-6-11-33-34-14-18(23(30)26-21)25-22(29)17(9-12-32-3)24-20(28)13-16/h5,7,15-19,21,27H,4,6,8-14H2,1-3H3,(H,24,28)(H,25,29)(H,26,30)/b7-5+/t15-,16+,17+,18+,19-,21-/m0/s1. The highest BCUT2D eigenvalue weighted by Crippen LogP contribution is 2.24. The van der Waals surface area contributed by atoms with E-state index in [1.54, 1.807) is 22.6 Å². The second-order valence-corrected chi connectivity index (χ2v) is 12.3. The first-order valence-corrected chi connectivity index (χ1v) is 15.8. The van der Waals surface area contributed by atoms with Gasteiger partial charge in [-0.25, -0.2) is 0 Å². The van der Waals surface area contributed by atoms with Crippen LogP contribution in [0.25, 0.3) is 0 Å². The minimum atomic E-state index is -0.803. The Morgan fingerprint density at radius 1 is 1.21 bits per heavy atom. The van der Waals surface area contributed by atoms with Gasteiger partial charge in [0.1, 0.15) is 12.1 Å². The van der Waals surface area contributed by atoms with Crippen molar-refractivity contribution in [1.29, 1.82) is 0 Å². The Morgan fingerprint density at radius 2 is 2.00 bits per heavy atom. The Kier molecular flexibility index (Phi) is 13.8. The van der Waals surface area contributed by atoms with Crippen LogP contribution in [0.2, 0.25) is 0 Å². The third-order valence-corrected chi connectivity index (χ3v) is 9.14. The molecule has 0 aliphatic carbocycles. The predicted octanol–water partition coefficient (Wildman–Crippen LogP) is 2.12. The number of hydrogen-bond donors (Lipinski definition) is 4. The van der Waals surface area contributed by atoms with Crippen molar-refractivity contribution in [2.75, 3.05) is 30.1 Å². The lowest BCUT2D eigenvalue weighted by Gasteiger charge is -2.31. The molecular formula is C23H39N3O5S3. The quantitative estimate of drug-likeness (QED) is 0.314. The maximum atomic E-state index is 13.3. The number of allylic oxidation sites excluding steroid dienone is 1. The van der Waals surface area contributed by atoms with Crippen molar-refractivity contribution >= 4 is 51.1 Å². The van der Waals surface area contributed by atoms with E-state index < -0.39 is 30.3 Å². The average Bonchev–Trinajstić information content (AvgIpc) is 2.81. The molecule has 8 nitrogen and oxygen atoms in total. The van der Waals surface area contributed by atoms with Crippen LogP contribution >= 0.6 is 33.3 Å². The van der Waals surface area contributed by atoms with Gasteiger partial charge in [-0.2, -0.15) is 11.8 Å². The highest BCUT2D eigenvalue weighted by molar-refractivity contribution is 8.76. The zero-order valence-corrected chi connectivity index (χ0v) is 22.7. The molecular weight excluding hydrogens is 494 g/mol. The zero-order chi connectivity index (χ0) is 24.9. The molecule has 34 heavy (non-hydrogen) atoms. The third-order valence-electron chi connectivity index (χ3n) is 6.04. The van der Waals surface area contributed by atoms with Crippen LogP contribution in [0.3, 0.4) is 0 Å². The first-order chi connectivity index (χ1) is 16.3. The molecule has 2 heterocycles. The van der Waals surface area contributed by atoms with E-state index in [1.165, 1.54) is 10.8 Å². The van der Waals surface area contributed by atoms with Crippen molar-refractivity contribution in [3.05, 3.63) is 12.2 Å². The second kappa shape index (κ2) is 16.0. The predicted molar refractivity (Wildman–Crippen MR) is 142 cm³/mol. The van der Waals surface area contributed by atoms with Gasteiger partial charge in [0.15, 0.2) is 0 Å². The van der Waals surface area contributed by atoms with Crippen LogP contribution in [0, 0.1) is 5.92 Å². The smallest absolute Gasteiger partial charge is 0.243 e. The molecule has 3 amide bonds. The van der Waals surface area contributed by atoms with Crippen molar-refractivity contribution < 1.29 is 24.2 Å². The van der Waals surface area contributed by atoms with Crippen molar-refractivity contribution in [2.24, 2.45) is 5.92 Å². The molecule has 0 spiro atoms. The Labute approximate surface area is 215 Å². The molecule has 2 rings (SSSR count). The molecule has 1 saturated heterocycles. The number of rotatable bonds is 5. The van der Waals surface area contributed by atoms with E-state index >= 15 is 0 Å². The van der Waals surface area contributed by atoms with E-state index in [1.807, 2.05) is 32.3 Å². The van der Waals surface area contributed by atoms with E-state index in [-0.39, 0.29) is 36.7 Å². The molecule has 11 heteroatoms. The van der Waals surface area contributed by atoms with Gasteiger partial charge in [0.25, 0.3) is 0 Å². The molecule has 0 aromatic carbocycles. The van der Waals surface area contributed by atoms with Gasteiger partial charge in [0.2, 0.25) is 17.7 Å². The number of carbonyl (C=O) groups is 3. The van der Waals surface area contributed by atoms with Crippen LogP contribution in [-0.4, -0.2) is 83.3 Å². The highest BCUT2D eigenvalue weighted by Gasteiger charge is 2.32. The largest absolute Gasteiger partial charge is 0.391 e. The lowest BCUT2D eigenvalue weighted by molar-refractivity contribution is -0.132. The van der Waals surface area contributed by atoms with E-state index in [9.17, 15) is 19.5 Å². The lowest BCUT2D eigenvalue weighted by atomic mass is 9.92. The number of aliphatic hydroxyl groups excluding tert-OH is 1. The van der Waals surface area contributed by atoms with Crippen molar-refractivity contribution in [2.45, 2.75) is 76.3 Å². The van der Waals surface area contributed by atoms with Gasteiger partial charge in [0.05, 0.1) is 24.7 Å². The van der Waals surface area contributed by atoms with Crippen LogP contribution < -0.4 is 16.0 Å². The van der Waals surface area contributed by atoms with Crippen molar-refractivity contribution in [1.82, 2.24) is 16.0 Å². The number of thioether (sulfide) groups is 1. The van der Waals surface area contributed by atoms with Gasteiger partial charge in [-0.1, -0.05) is 54.0 Å². The summed E-state index contributed by atoms with van der Waals surface area (Å²) in [5, 5.41) is 19.6. The highest BCUT2D eigenvalue weighted by atomic mass is 33.1. The summed E-state index contributed by atoms with van der Waals surface area (Å²) in [6, 6.07) is -1.96. The summed E-state index contributed by atoms with van der Waals surface area (Å²) in [6.07, 6.45) is 7.07. The summed E-state index contributed by atoms with van der Waals surface area (Å²) in [7, 11) is 3.17. The average molecular weight is 534 g/mol. The Balaban J connectivity index is 2.40. The van der Waals surface area contributed by atoms with E-state index in [0.717, 1.165) is 18.6 Å². The molecule has 0 aromatic heterocycles. The number of carbonyl (C=O) groups excluding carboxylic acids is 3. The zero-order valence-electron chi connectivity index (χ0n) is 20.3. The maximum absolute atomic E-state index is 13.3. The van der Waals surface area contributed by atoms with Crippen LogP contribution in [-0.2, 0) is 19.1 Å². The number of amides is 3. The molecule has 4 N–H and O–H groups in total. The third kappa shape index (κ3) is 10.0. The van der Waals surface area contributed by atoms with Crippen LogP contribution in [0.15, 0.2) is 12.2 Å². The summed E-state index contributed by atoms with van der Waals surface area (Å²) in [6.45, 7) is 4.27. The van der Waals surface area contributed by atoms with Gasteiger partial charge in [-0.05, 0) is 37.2 Å². The summed E-state index contributed by atoms with van der Waals surface area (Å²) >= 11 is 1.59. The Hall–Kier alpha value is -0.880.